The van der Waals surface area contributed by atoms with Crippen molar-refractivity contribution in [3.05, 3.63) is 0 Å². The monoisotopic (exact) mass is 559 g/mol. The number of hydrogen-bond donors (Lipinski definition) is 0. The third kappa shape index (κ3) is 6.36. The van der Waals surface area contributed by atoms with E-state index in [9.17, 15) is 14.4 Å². The lowest BCUT2D eigenvalue weighted by Gasteiger charge is -2.41. The maximum atomic E-state index is 14.2. The summed E-state index contributed by atoms with van der Waals surface area (Å²) in [5, 5.41) is 0. The Labute approximate surface area is 241 Å². The van der Waals surface area contributed by atoms with Crippen LogP contribution in [0.4, 0.5) is 0 Å². The zero-order valence-corrected chi connectivity index (χ0v) is 25.6. The highest BCUT2D eigenvalue weighted by atomic mass is 16.5. The van der Waals surface area contributed by atoms with Gasteiger partial charge >= 0.3 is 0 Å². The van der Waals surface area contributed by atoms with E-state index >= 15 is 0 Å². The van der Waals surface area contributed by atoms with E-state index in [4.69, 9.17) is 4.74 Å². The number of likely N-dealkylation sites (tertiary alicyclic amines) is 2. The Morgan fingerprint density at radius 2 is 1.52 bits per heavy atom. The van der Waals surface area contributed by atoms with E-state index in [2.05, 4.69) is 49.4 Å². The van der Waals surface area contributed by atoms with Crippen LogP contribution in [0.15, 0.2) is 0 Å². The second-order valence-corrected chi connectivity index (χ2v) is 14.3. The number of rotatable bonds is 5. The molecule has 5 rings (SSSR count). The molecule has 226 valence electrons. The molecule has 4 heterocycles. The van der Waals surface area contributed by atoms with Gasteiger partial charge in [-0.15, -0.1) is 0 Å². The Morgan fingerprint density at radius 1 is 0.825 bits per heavy atom. The zero-order chi connectivity index (χ0) is 28.6. The molecule has 0 spiro atoms. The summed E-state index contributed by atoms with van der Waals surface area (Å²) < 4.78 is 5.89. The molecule has 0 radical (unpaired) electrons. The largest absolute Gasteiger partial charge is 0.368 e. The van der Waals surface area contributed by atoms with Gasteiger partial charge in [0.15, 0.2) is 0 Å². The highest BCUT2D eigenvalue weighted by Crippen LogP contribution is 2.36. The van der Waals surface area contributed by atoms with Crippen LogP contribution in [-0.2, 0) is 19.1 Å². The van der Waals surface area contributed by atoms with Gasteiger partial charge in [0.1, 0.15) is 12.1 Å². The fourth-order valence-electron chi connectivity index (χ4n) is 7.65. The van der Waals surface area contributed by atoms with Crippen molar-refractivity contribution in [3.8, 4) is 0 Å². The number of ether oxygens (including phenoxy) is 1. The van der Waals surface area contributed by atoms with Gasteiger partial charge in [-0.2, -0.15) is 0 Å². The van der Waals surface area contributed by atoms with E-state index in [0.717, 1.165) is 71.1 Å². The van der Waals surface area contributed by atoms with E-state index in [-0.39, 0.29) is 47.4 Å². The van der Waals surface area contributed by atoms with Crippen molar-refractivity contribution < 1.29 is 19.1 Å². The normalized spacial score (nSPS) is 34.4. The third-order valence-electron chi connectivity index (χ3n) is 10.4. The van der Waals surface area contributed by atoms with Crippen LogP contribution in [-0.4, -0.2) is 131 Å². The summed E-state index contributed by atoms with van der Waals surface area (Å²) in [4.78, 5) is 52.8. The quantitative estimate of drug-likeness (QED) is 0.515. The second kappa shape index (κ2) is 12.3. The Morgan fingerprint density at radius 3 is 2.12 bits per heavy atom. The van der Waals surface area contributed by atoms with Crippen molar-refractivity contribution in [2.75, 3.05) is 59.5 Å². The molecular weight excluding hydrogens is 506 g/mol. The highest BCUT2D eigenvalue weighted by Gasteiger charge is 2.49. The molecule has 9 heteroatoms. The molecule has 0 N–H and O–H groups in total. The molecule has 5 fully saturated rings. The van der Waals surface area contributed by atoms with Crippen LogP contribution in [0.3, 0.4) is 0 Å². The standard InChI is InChI=1S/C31H53N5O4/c1-22-8-10-24(11-9-22)36(30(39)27-7-6-18-40-27)25-19-26(29(38)33-16-14-32(5)15-17-33)35(21-25)28(37)23-12-13-34(20-23)31(2,3)4/h22-27H,6-21H2,1-5H3/t22?,23-,24?,25-,26-,27-/m0/s1. The van der Waals surface area contributed by atoms with Crippen LogP contribution in [0, 0.1) is 11.8 Å². The van der Waals surface area contributed by atoms with Crippen LogP contribution < -0.4 is 0 Å². The maximum absolute atomic E-state index is 14.2. The molecule has 1 aliphatic carbocycles. The summed E-state index contributed by atoms with van der Waals surface area (Å²) in [6, 6.07) is -0.470. The number of piperazine rings is 1. The van der Waals surface area contributed by atoms with Crippen LogP contribution in [0.25, 0.3) is 0 Å². The minimum Gasteiger partial charge on any atom is -0.368 e. The molecule has 0 unspecified atom stereocenters. The molecule has 5 aliphatic rings. The Kier molecular flexibility index (Phi) is 9.12. The van der Waals surface area contributed by atoms with Gasteiger partial charge in [0, 0.05) is 57.5 Å². The summed E-state index contributed by atoms with van der Waals surface area (Å²) >= 11 is 0. The minimum atomic E-state index is -0.494. The molecule has 40 heavy (non-hydrogen) atoms. The SMILES string of the molecule is CC1CCC(N(C(=O)[C@@H]2CCCO2)[C@H]2C[C@@H](C(=O)N3CCN(C)CC3)N(C(=O)[C@H]3CCN(C(C)(C)C)C3)C2)CC1. The smallest absolute Gasteiger partial charge is 0.252 e. The molecule has 0 aromatic heterocycles. The molecule has 4 aliphatic heterocycles. The number of carbonyl (C=O) groups excluding carboxylic acids is 3. The number of hydrogen-bond acceptors (Lipinski definition) is 6. The summed E-state index contributed by atoms with van der Waals surface area (Å²) in [5.74, 6) is 0.831. The molecule has 4 atom stereocenters. The predicted octanol–water partition coefficient (Wildman–Crippen LogP) is 2.44. The van der Waals surface area contributed by atoms with Crippen molar-refractivity contribution in [2.45, 2.75) is 109 Å². The Hall–Kier alpha value is -1.71. The van der Waals surface area contributed by atoms with E-state index in [1.54, 1.807) is 0 Å². The highest BCUT2D eigenvalue weighted by molar-refractivity contribution is 5.90. The van der Waals surface area contributed by atoms with Crippen LogP contribution in [0.5, 0.6) is 0 Å². The summed E-state index contributed by atoms with van der Waals surface area (Å²) in [6.07, 6.45) is 6.87. The number of nitrogens with zero attached hydrogens (tertiary/aromatic N) is 5. The fourth-order valence-corrected chi connectivity index (χ4v) is 7.65. The van der Waals surface area contributed by atoms with Gasteiger partial charge in [-0.25, -0.2) is 0 Å². The molecule has 0 aromatic carbocycles. The fraction of sp³-hybridized carbons (Fsp3) is 0.903. The molecule has 4 saturated heterocycles. The average molecular weight is 560 g/mol. The van der Waals surface area contributed by atoms with E-state index in [1.165, 1.54) is 0 Å². The van der Waals surface area contributed by atoms with Gasteiger partial charge < -0.3 is 24.3 Å². The van der Waals surface area contributed by atoms with Gasteiger partial charge in [-0.05, 0) is 91.6 Å². The van der Waals surface area contributed by atoms with E-state index < -0.39 is 6.04 Å². The van der Waals surface area contributed by atoms with Gasteiger partial charge in [0.2, 0.25) is 11.8 Å². The van der Waals surface area contributed by atoms with Gasteiger partial charge in [0.05, 0.1) is 12.0 Å². The Bertz CT molecular complexity index is 915. The number of amides is 3. The first kappa shape index (κ1) is 29.8. The minimum absolute atomic E-state index is 0.0141. The van der Waals surface area contributed by atoms with Crippen molar-refractivity contribution in [2.24, 2.45) is 11.8 Å². The van der Waals surface area contributed by atoms with Gasteiger partial charge in [-0.3, -0.25) is 19.3 Å². The lowest BCUT2D eigenvalue weighted by Crippen LogP contribution is -2.54. The van der Waals surface area contributed by atoms with E-state index in [0.29, 0.717) is 38.6 Å². The van der Waals surface area contributed by atoms with Crippen LogP contribution in [0.2, 0.25) is 0 Å². The first-order chi connectivity index (χ1) is 19.0. The summed E-state index contributed by atoms with van der Waals surface area (Å²) in [7, 11) is 2.09. The van der Waals surface area contributed by atoms with Crippen LogP contribution >= 0.6 is 0 Å². The van der Waals surface area contributed by atoms with Crippen molar-refractivity contribution >= 4 is 17.7 Å². The lowest BCUT2D eigenvalue weighted by atomic mass is 9.85. The Balaban J connectivity index is 1.39. The number of likely N-dealkylation sites (N-methyl/N-ethyl adjacent to an activating group) is 1. The lowest BCUT2D eigenvalue weighted by molar-refractivity contribution is -0.148. The number of carbonyl (C=O) groups is 3. The molecule has 0 bridgehead atoms. The van der Waals surface area contributed by atoms with E-state index in [1.807, 2.05) is 9.80 Å². The molecule has 0 aromatic rings. The van der Waals surface area contributed by atoms with Gasteiger partial charge in [0.25, 0.3) is 5.91 Å². The van der Waals surface area contributed by atoms with Crippen LogP contribution in [0.1, 0.15) is 79.1 Å². The average Bonchev–Trinajstić information content (AvgIpc) is 3.70. The van der Waals surface area contributed by atoms with Crippen molar-refractivity contribution in [1.29, 1.82) is 0 Å². The van der Waals surface area contributed by atoms with Crippen molar-refractivity contribution in [1.82, 2.24) is 24.5 Å². The maximum Gasteiger partial charge on any atom is 0.252 e. The summed E-state index contributed by atoms with van der Waals surface area (Å²) in [6.45, 7) is 14.7. The molecular formula is C31H53N5O4. The topological polar surface area (TPSA) is 76.6 Å². The van der Waals surface area contributed by atoms with Gasteiger partial charge in [-0.1, -0.05) is 6.92 Å². The molecule has 3 amide bonds. The molecule has 1 saturated carbocycles. The van der Waals surface area contributed by atoms with Crippen molar-refractivity contribution in [3.63, 3.8) is 0 Å². The third-order valence-corrected chi connectivity index (χ3v) is 10.4. The first-order valence-electron chi connectivity index (χ1n) is 16.0. The molecule has 9 nitrogen and oxygen atoms in total. The second-order valence-electron chi connectivity index (χ2n) is 14.3. The summed E-state index contributed by atoms with van der Waals surface area (Å²) in [5.41, 5.74) is 0.0141. The zero-order valence-electron chi connectivity index (χ0n) is 25.6. The first-order valence-corrected chi connectivity index (χ1v) is 16.0. The predicted molar refractivity (Wildman–Crippen MR) is 155 cm³/mol.